The first-order valence-corrected chi connectivity index (χ1v) is 13.3. The molecule has 4 rings (SSSR count). The number of aromatic nitrogens is 2. The molecule has 0 spiro atoms. The number of carbonyl (C=O) groups excluding carboxylic acids is 1. The van der Waals surface area contributed by atoms with Crippen molar-refractivity contribution in [2.75, 3.05) is 18.8 Å². The second-order valence-corrected chi connectivity index (χ2v) is 10.6. The Morgan fingerprint density at radius 1 is 1.21 bits per heavy atom. The van der Waals surface area contributed by atoms with Crippen molar-refractivity contribution >= 4 is 28.5 Å². The molecule has 6 nitrogen and oxygen atoms in total. The van der Waals surface area contributed by atoms with Crippen LogP contribution in [0.25, 0.3) is 6.08 Å². The van der Waals surface area contributed by atoms with Crippen LogP contribution >= 0.6 is 11.3 Å². The molecule has 33 heavy (non-hydrogen) atoms. The summed E-state index contributed by atoms with van der Waals surface area (Å²) in [6, 6.07) is 4.72. The number of aryl methyl sites for hydroxylation is 1. The molecular weight excluding hydrogens is 430 g/mol. The molecule has 2 heterocycles. The number of nitrogens with two attached hydrogens (primary N) is 1. The zero-order chi connectivity index (χ0) is 23.0. The fraction of sp³-hybridized carbons (Fsp3) is 0.577. The Bertz CT molecular complexity index is 920. The minimum absolute atomic E-state index is 0.00440. The molecule has 2 aromatic rings. The molecule has 0 saturated heterocycles. The van der Waals surface area contributed by atoms with Gasteiger partial charge in [-0.2, -0.15) is 0 Å². The van der Waals surface area contributed by atoms with Crippen LogP contribution < -0.4 is 11.1 Å². The van der Waals surface area contributed by atoms with E-state index in [-0.39, 0.29) is 5.91 Å². The Kier molecular flexibility index (Phi) is 8.51. The molecule has 1 unspecified atom stereocenters. The summed E-state index contributed by atoms with van der Waals surface area (Å²) in [6.07, 6.45) is 17.4. The van der Waals surface area contributed by atoms with Crippen molar-refractivity contribution < 1.29 is 4.79 Å². The Balaban J connectivity index is 1.19. The number of thiazole rings is 1. The zero-order valence-corrected chi connectivity index (χ0v) is 20.5. The van der Waals surface area contributed by atoms with Crippen molar-refractivity contribution in [3.63, 3.8) is 0 Å². The lowest BCUT2D eigenvalue weighted by Crippen LogP contribution is -2.41. The van der Waals surface area contributed by atoms with Crippen molar-refractivity contribution in [1.29, 1.82) is 0 Å². The summed E-state index contributed by atoms with van der Waals surface area (Å²) in [7, 11) is 0. The zero-order valence-electron chi connectivity index (χ0n) is 19.7. The van der Waals surface area contributed by atoms with E-state index < -0.39 is 0 Å². The van der Waals surface area contributed by atoms with Gasteiger partial charge in [-0.25, -0.2) is 4.98 Å². The van der Waals surface area contributed by atoms with E-state index >= 15 is 0 Å². The first-order chi connectivity index (χ1) is 16.1. The van der Waals surface area contributed by atoms with Gasteiger partial charge in [-0.15, -0.1) is 11.3 Å². The van der Waals surface area contributed by atoms with Gasteiger partial charge in [0.1, 0.15) is 0 Å². The molecule has 1 fully saturated rings. The number of nitrogens with zero attached hydrogens (tertiary/aromatic N) is 3. The van der Waals surface area contributed by atoms with Crippen LogP contribution in [0.3, 0.4) is 0 Å². The molecule has 3 N–H and O–H groups in total. The number of rotatable bonds is 9. The van der Waals surface area contributed by atoms with Gasteiger partial charge in [0.2, 0.25) is 5.91 Å². The van der Waals surface area contributed by atoms with E-state index in [4.69, 9.17) is 5.73 Å². The lowest BCUT2D eigenvalue weighted by atomic mass is 9.83. The van der Waals surface area contributed by atoms with Crippen molar-refractivity contribution in [2.45, 2.75) is 76.8 Å². The summed E-state index contributed by atoms with van der Waals surface area (Å²) in [4.78, 5) is 24.9. The van der Waals surface area contributed by atoms with Crippen LogP contribution in [0.15, 0.2) is 30.6 Å². The summed E-state index contributed by atoms with van der Waals surface area (Å²) in [6.45, 7) is 4.63. The maximum Gasteiger partial charge on any atom is 0.244 e. The van der Waals surface area contributed by atoms with E-state index in [1.54, 1.807) is 29.8 Å². The minimum atomic E-state index is 0.00440. The van der Waals surface area contributed by atoms with Crippen molar-refractivity contribution in [2.24, 2.45) is 5.92 Å². The monoisotopic (exact) mass is 467 g/mol. The number of nitrogens with one attached hydrogen (secondary N) is 1. The molecule has 0 aromatic carbocycles. The summed E-state index contributed by atoms with van der Waals surface area (Å²) in [5.74, 6) is 0.771. The van der Waals surface area contributed by atoms with Crippen molar-refractivity contribution in [3.8, 4) is 0 Å². The maximum absolute atomic E-state index is 12.3. The number of carbonyl (C=O) groups is 1. The van der Waals surface area contributed by atoms with Gasteiger partial charge in [0.15, 0.2) is 5.13 Å². The molecule has 0 radical (unpaired) electrons. The van der Waals surface area contributed by atoms with Crippen molar-refractivity contribution in [1.82, 2.24) is 20.2 Å². The molecule has 1 amide bonds. The van der Waals surface area contributed by atoms with E-state index in [0.29, 0.717) is 12.1 Å². The Morgan fingerprint density at radius 3 is 2.76 bits per heavy atom. The van der Waals surface area contributed by atoms with E-state index in [9.17, 15) is 4.79 Å². The summed E-state index contributed by atoms with van der Waals surface area (Å²) in [5, 5.41) is 3.91. The number of hydrogen-bond donors (Lipinski definition) is 2. The van der Waals surface area contributed by atoms with E-state index in [2.05, 4.69) is 27.1 Å². The average Bonchev–Trinajstić information content (AvgIpc) is 3.21. The molecule has 7 heteroatoms. The van der Waals surface area contributed by atoms with Crippen LogP contribution in [0.2, 0.25) is 0 Å². The van der Waals surface area contributed by atoms with Gasteiger partial charge in [0, 0.05) is 35.4 Å². The van der Waals surface area contributed by atoms with Gasteiger partial charge in [0.05, 0.1) is 5.69 Å². The number of anilines is 1. The highest BCUT2D eigenvalue weighted by molar-refractivity contribution is 7.15. The number of nitrogen functional groups attached to an aromatic ring is 1. The third-order valence-electron chi connectivity index (χ3n) is 7.11. The highest BCUT2D eigenvalue weighted by Gasteiger charge is 2.28. The van der Waals surface area contributed by atoms with Crippen LogP contribution in [0, 0.1) is 5.92 Å². The first kappa shape index (κ1) is 23.9. The second kappa shape index (κ2) is 11.7. The number of fused-ring (bicyclic) bond motifs is 1. The van der Waals surface area contributed by atoms with Crippen LogP contribution in [-0.4, -0.2) is 45.9 Å². The predicted molar refractivity (Wildman–Crippen MR) is 136 cm³/mol. The summed E-state index contributed by atoms with van der Waals surface area (Å²) in [5.41, 5.74) is 8.17. The Labute approximate surface area is 201 Å². The lowest BCUT2D eigenvalue weighted by molar-refractivity contribution is -0.117. The van der Waals surface area contributed by atoms with E-state index in [1.165, 1.54) is 55.8 Å². The van der Waals surface area contributed by atoms with Gasteiger partial charge in [0.25, 0.3) is 0 Å². The second-order valence-electron chi connectivity index (χ2n) is 9.48. The Hall–Kier alpha value is -2.25. The summed E-state index contributed by atoms with van der Waals surface area (Å²) < 4.78 is 0. The van der Waals surface area contributed by atoms with E-state index in [0.717, 1.165) is 42.3 Å². The number of pyridine rings is 1. The SMILES string of the molecule is CCCN(CCC1CCC(NC(=O)/C=C/c2ccncc2)CC1)C1CCc2nc(N)sc2C1. The lowest BCUT2D eigenvalue weighted by Gasteiger charge is -2.36. The molecule has 1 saturated carbocycles. The maximum atomic E-state index is 12.3. The van der Waals surface area contributed by atoms with Crippen LogP contribution in [0.5, 0.6) is 0 Å². The third-order valence-corrected chi connectivity index (χ3v) is 8.06. The highest BCUT2D eigenvalue weighted by atomic mass is 32.1. The number of amides is 1. The van der Waals surface area contributed by atoms with Gasteiger partial charge in [-0.3, -0.25) is 9.78 Å². The fourth-order valence-corrected chi connectivity index (χ4v) is 6.24. The fourth-order valence-electron chi connectivity index (χ4n) is 5.29. The molecule has 178 valence electrons. The van der Waals surface area contributed by atoms with Crippen LogP contribution in [0.1, 0.15) is 68.0 Å². The van der Waals surface area contributed by atoms with Gasteiger partial charge in [-0.1, -0.05) is 6.92 Å². The topological polar surface area (TPSA) is 84.1 Å². The quantitative estimate of drug-likeness (QED) is 0.532. The minimum Gasteiger partial charge on any atom is -0.375 e. The standard InChI is InChI=1S/C26H37N5OS/c1-2-16-31(22-8-9-23-24(18-22)33-26(27)30-23)17-13-19-3-6-21(7-4-19)29-25(32)10-5-20-11-14-28-15-12-20/h5,10-12,14-15,19,21-22H,2-4,6-9,13,16-18H2,1H3,(H2,27,30)(H,29,32)/b10-5+. The Morgan fingerprint density at radius 2 is 2.00 bits per heavy atom. The van der Waals surface area contributed by atoms with Gasteiger partial charge >= 0.3 is 0 Å². The average molecular weight is 468 g/mol. The molecule has 0 aliphatic heterocycles. The number of hydrogen-bond acceptors (Lipinski definition) is 6. The molecule has 2 aliphatic rings. The van der Waals surface area contributed by atoms with Crippen molar-refractivity contribution in [3.05, 3.63) is 46.7 Å². The van der Waals surface area contributed by atoms with Gasteiger partial charge in [-0.05, 0) is 101 Å². The van der Waals surface area contributed by atoms with Gasteiger partial charge < -0.3 is 16.0 Å². The van der Waals surface area contributed by atoms with Crippen LogP contribution in [0.4, 0.5) is 5.13 Å². The van der Waals surface area contributed by atoms with Crippen LogP contribution in [-0.2, 0) is 17.6 Å². The smallest absolute Gasteiger partial charge is 0.244 e. The molecule has 2 aromatic heterocycles. The molecule has 1 atom stereocenters. The summed E-state index contributed by atoms with van der Waals surface area (Å²) >= 11 is 1.68. The predicted octanol–water partition coefficient (Wildman–Crippen LogP) is 4.47. The van der Waals surface area contributed by atoms with E-state index in [1.807, 2.05) is 18.2 Å². The first-order valence-electron chi connectivity index (χ1n) is 12.5. The highest BCUT2D eigenvalue weighted by Crippen LogP contribution is 2.32. The largest absolute Gasteiger partial charge is 0.375 e. The molecule has 2 aliphatic carbocycles. The molecular formula is C26H37N5OS. The molecule has 0 bridgehead atoms. The normalized spacial score (nSPS) is 23.0. The third kappa shape index (κ3) is 6.87.